The summed E-state index contributed by atoms with van der Waals surface area (Å²) in [5.41, 5.74) is 4.67. The van der Waals surface area contributed by atoms with Crippen molar-refractivity contribution < 1.29 is 8.42 Å². The fraction of sp³-hybridized carbons (Fsp3) is 0.600. The maximum atomic E-state index is 12.9. The first-order valence-electron chi connectivity index (χ1n) is 7.17. The predicted octanol–water partition coefficient (Wildman–Crippen LogP) is 2.64. The molecule has 120 valence electrons. The summed E-state index contributed by atoms with van der Waals surface area (Å²) in [6, 6.07) is 3.46. The summed E-state index contributed by atoms with van der Waals surface area (Å²) in [5, 5.41) is 0. The van der Waals surface area contributed by atoms with E-state index in [9.17, 15) is 8.42 Å². The van der Waals surface area contributed by atoms with Crippen LogP contribution in [0.5, 0.6) is 0 Å². The number of nitrogens with one attached hydrogen (secondary N) is 1. The van der Waals surface area contributed by atoms with Crippen LogP contribution in [0.15, 0.2) is 17.0 Å². The Hall–Kier alpha value is -1.11. The maximum Gasteiger partial charge on any atom is 0.243 e. The lowest BCUT2D eigenvalue weighted by atomic mass is 10.1. The third-order valence-electron chi connectivity index (χ3n) is 3.70. The van der Waals surface area contributed by atoms with Crippen LogP contribution in [0.4, 0.5) is 5.69 Å². The van der Waals surface area contributed by atoms with Gasteiger partial charge in [-0.25, -0.2) is 8.42 Å². The van der Waals surface area contributed by atoms with Crippen molar-refractivity contribution in [2.75, 3.05) is 12.5 Å². The van der Waals surface area contributed by atoms with E-state index in [-0.39, 0.29) is 6.04 Å². The second-order valence-corrected chi connectivity index (χ2v) is 8.02. The number of benzene rings is 1. The minimum absolute atomic E-state index is 0.0406. The van der Waals surface area contributed by atoms with Gasteiger partial charge in [-0.1, -0.05) is 13.8 Å². The predicted molar refractivity (Wildman–Crippen MR) is 87.6 cm³/mol. The van der Waals surface area contributed by atoms with Crippen LogP contribution in [0, 0.1) is 19.8 Å². The number of rotatable bonds is 6. The second-order valence-electron chi connectivity index (χ2n) is 6.08. The van der Waals surface area contributed by atoms with E-state index in [1.54, 1.807) is 33.0 Å². The quantitative estimate of drug-likeness (QED) is 0.625. The molecule has 0 spiro atoms. The van der Waals surface area contributed by atoms with E-state index in [0.717, 1.165) is 6.42 Å². The Bertz CT molecular complexity index is 574. The van der Waals surface area contributed by atoms with Crippen LogP contribution in [-0.2, 0) is 10.0 Å². The van der Waals surface area contributed by atoms with Gasteiger partial charge in [-0.15, -0.1) is 0 Å². The zero-order chi connectivity index (χ0) is 16.4. The van der Waals surface area contributed by atoms with Crippen LogP contribution in [0.3, 0.4) is 0 Å². The van der Waals surface area contributed by atoms with Gasteiger partial charge >= 0.3 is 0 Å². The van der Waals surface area contributed by atoms with Gasteiger partial charge in [0, 0.05) is 18.8 Å². The lowest BCUT2D eigenvalue weighted by Gasteiger charge is -2.27. The van der Waals surface area contributed by atoms with Crippen molar-refractivity contribution in [1.29, 1.82) is 0 Å². The van der Waals surface area contributed by atoms with Crippen molar-refractivity contribution in [3.63, 3.8) is 0 Å². The van der Waals surface area contributed by atoms with Crippen molar-refractivity contribution in [2.24, 2.45) is 11.8 Å². The smallest absolute Gasteiger partial charge is 0.243 e. The number of sulfonamides is 1. The van der Waals surface area contributed by atoms with Gasteiger partial charge in [-0.3, -0.25) is 5.84 Å². The zero-order valence-corrected chi connectivity index (χ0v) is 14.6. The Morgan fingerprint density at radius 3 is 2.05 bits per heavy atom. The lowest BCUT2D eigenvalue weighted by Crippen LogP contribution is -2.36. The van der Waals surface area contributed by atoms with Gasteiger partial charge in [0.1, 0.15) is 0 Å². The van der Waals surface area contributed by atoms with Gasteiger partial charge in [-0.2, -0.15) is 4.31 Å². The van der Waals surface area contributed by atoms with E-state index in [2.05, 4.69) is 19.3 Å². The van der Waals surface area contributed by atoms with Gasteiger partial charge < -0.3 is 5.43 Å². The molecule has 0 aliphatic heterocycles. The summed E-state index contributed by atoms with van der Waals surface area (Å²) in [5.74, 6) is 5.85. The summed E-state index contributed by atoms with van der Waals surface area (Å²) in [6.07, 6.45) is 0.830. The van der Waals surface area contributed by atoms with E-state index in [1.165, 1.54) is 4.31 Å². The van der Waals surface area contributed by atoms with Crippen LogP contribution in [0.2, 0.25) is 0 Å². The molecule has 6 heteroatoms. The molecule has 0 aromatic heterocycles. The molecule has 0 aliphatic rings. The van der Waals surface area contributed by atoms with Gasteiger partial charge in [-0.05, 0) is 56.4 Å². The van der Waals surface area contributed by atoms with Crippen LogP contribution >= 0.6 is 0 Å². The molecule has 0 amide bonds. The lowest BCUT2D eigenvalue weighted by molar-refractivity contribution is 0.337. The third-order valence-corrected chi connectivity index (χ3v) is 5.98. The number of hydrogen-bond acceptors (Lipinski definition) is 4. The number of anilines is 1. The number of nitrogens with zero attached hydrogens (tertiary/aromatic N) is 1. The summed E-state index contributed by atoms with van der Waals surface area (Å²) in [6.45, 7) is 9.71. The van der Waals surface area contributed by atoms with E-state index in [4.69, 9.17) is 5.84 Å². The van der Waals surface area contributed by atoms with Crippen molar-refractivity contribution >= 4 is 15.7 Å². The second kappa shape index (κ2) is 6.77. The van der Waals surface area contributed by atoms with Gasteiger partial charge in [0.05, 0.1) is 4.90 Å². The number of hydrogen-bond donors (Lipinski definition) is 2. The SMILES string of the molecule is Cc1cc(NN)cc(C)c1S(=O)(=O)N(C)C(C)CC(C)C. The summed E-state index contributed by atoms with van der Waals surface area (Å²) in [7, 11) is -1.86. The zero-order valence-electron chi connectivity index (χ0n) is 13.8. The highest BCUT2D eigenvalue weighted by molar-refractivity contribution is 7.89. The molecule has 0 heterocycles. The summed E-state index contributed by atoms with van der Waals surface area (Å²) < 4.78 is 27.2. The fourth-order valence-corrected chi connectivity index (χ4v) is 4.43. The number of aryl methyl sites for hydroxylation is 2. The molecule has 1 aromatic carbocycles. The molecule has 1 atom stereocenters. The first-order chi connectivity index (χ1) is 9.61. The molecular formula is C15H27N3O2S. The van der Waals surface area contributed by atoms with Gasteiger partial charge in [0.25, 0.3) is 0 Å². The van der Waals surface area contributed by atoms with Crippen LogP contribution in [0.25, 0.3) is 0 Å². The van der Waals surface area contributed by atoms with E-state index < -0.39 is 10.0 Å². The standard InChI is InChI=1S/C15H27N3O2S/c1-10(2)7-13(5)18(6)21(19,20)15-11(3)8-14(17-16)9-12(15)4/h8-10,13,17H,7,16H2,1-6H3. The molecule has 0 saturated carbocycles. The Labute approximate surface area is 128 Å². The molecular weight excluding hydrogens is 286 g/mol. The normalized spacial score (nSPS) is 13.8. The van der Waals surface area contributed by atoms with Crippen LogP contribution in [0.1, 0.15) is 38.3 Å². The number of nitrogens with two attached hydrogens (primary N) is 1. The summed E-state index contributed by atoms with van der Waals surface area (Å²) >= 11 is 0. The average molecular weight is 313 g/mol. The third kappa shape index (κ3) is 3.96. The molecule has 0 bridgehead atoms. The Kier molecular flexibility index (Phi) is 5.78. The largest absolute Gasteiger partial charge is 0.324 e. The Morgan fingerprint density at radius 1 is 1.19 bits per heavy atom. The molecule has 3 N–H and O–H groups in total. The molecule has 0 fully saturated rings. The Morgan fingerprint density at radius 2 is 1.67 bits per heavy atom. The topological polar surface area (TPSA) is 75.4 Å². The highest BCUT2D eigenvalue weighted by Crippen LogP contribution is 2.28. The van der Waals surface area contributed by atoms with E-state index >= 15 is 0 Å². The number of nitrogen functional groups attached to an aromatic ring is 1. The van der Waals surface area contributed by atoms with Crippen molar-refractivity contribution in [2.45, 2.75) is 52.0 Å². The van der Waals surface area contributed by atoms with Crippen molar-refractivity contribution in [3.05, 3.63) is 23.3 Å². The fourth-order valence-electron chi connectivity index (χ4n) is 2.65. The van der Waals surface area contributed by atoms with Crippen molar-refractivity contribution in [1.82, 2.24) is 4.31 Å². The molecule has 0 aliphatic carbocycles. The monoisotopic (exact) mass is 313 g/mol. The highest BCUT2D eigenvalue weighted by atomic mass is 32.2. The first-order valence-corrected chi connectivity index (χ1v) is 8.61. The minimum Gasteiger partial charge on any atom is -0.324 e. The van der Waals surface area contributed by atoms with Crippen molar-refractivity contribution in [3.8, 4) is 0 Å². The van der Waals surface area contributed by atoms with Crippen LogP contribution < -0.4 is 11.3 Å². The van der Waals surface area contributed by atoms with E-state index in [1.807, 2.05) is 6.92 Å². The maximum absolute atomic E-state index is 12.9. The Balaban J connectivity index is 3.25. The average Bonchev–Trinajstić information content (AvgIpc) is 2.35. The number of hydrazine groups is 1. The van der Waals surface area contributed by atoms with E-state index in [0.29, 0.717) is 27.6 Å². The molecule has 0 saturated heterocycles. The molecule has 5 nitrogen and oxygen atoms in total. The van der Waals surface area contributed by atoms with Gasteiger partial charge in [0.15, 0.2) is 0 Å². The first kappa shape index (κ1) is 17.9. The highest BCUT2D eigenvalue weighted by Gasteiger charge is 2.28. The molecule has 1 unspecified atom stereocenters. The molecule has 1 rings (SSSR count). The minimum atomic E-state index is -3.51. The molecule has 1 aromatic rings. The van der Waals surface area contributed by atoms with Crippen LogP contribution in [-0.4, -0.2) is 25.8 Å². The summed E-state index contributed by atoms with van der Waals surface area (Å²) in [4.78, 5) is 0.375. The molecule has 0 radical (unpaired) electrons. The van der Waals surface area contributed by atoms with Gasteiger partial charge in [0.2, 0.25) is 10.0 Å². The molecule has 21 heavy (non-hydrogen) atoms.